The topological polar surface area (TPSA) is 39.7 Å². The number of benzene rings is 1. The van der Waals surface area contributed by atoms with Gasteiger partial charge in [-0.3, -0.25) is 0 Å². The maximum absolute atomic E-state index is 5.76. The van der Waals surface area contributed by atoms with Crippen LogP contribution in [-0.4, -0.2) is 32.5 Å². The first-order chi connectivity index (χ1) is 10.3. The molecule has 2 heterocycles. The molecule has 0 aliphatic carbocycles. The Hall–Kier alpha value is -1.26. The SMILES string of the molecule is CCCNC(c1ccc2c(c1)OCCO2)C1CCOC1C. The Labute approximate surface area is 126 Å². The lowest BCUT2D eigenvalue weighted by Crippen LogP contribution is -2.32. The summed E-state index contributed by atoms with van der Waals surface area (Å²) < 4.78 is 17.1. The first kappa shape index (κ1) is 14.7. The van der Waals surface area contributed by atoms with E-state index < -0.39 is 0 Å². The van der Waals surface area contributed by atoms with Crippen molar-refractivity contribution >= 4 is 0 Å². The van der Waals surface area contributed by atoms with Crippen molar-refractivity contribution in [2.45, 2.75) is 38.8 Å². The van der Waals surface area contributed by atoms with Gasteiger partial charge >= 0.3 is 0 Å². The Morgan fingerprint density at radius 1 is 1.19 bits per heavy atom. The molecule has 2 aliphatic rings. The van der Waals surface area contributed by atoms with Gasteiger partial charge in [-0.25, -0.2) is 0 Å². The fourth-order valence-corrected chi connectivity index (χ4v) is 3.26. The van der Waals surface area contributed by atoms with E-state index in [4.69, 9.17) is 14.2 Å². The average molecular weight is 291 g/mol. The molecule has 4 heteroatoms. The van der Waals surface area contributed by atoms with E-state index in [0.717, 1.165) is 37.5 Å². The van der Waals surface area contributed by atoms with Gasteiger partial charge in [0.15, 0.2) is 11.5 Å². The lowest BCUT2D eigenvalue weighted by atomic mass is 9.88. The zero-order chi connectivity index (χ0) is 14.7. The van der Waals surface area contributed by atoms with Crippen LogP contribution in [0.25, 0.3) is 0 Å². The predicted octanol–water partition coefficient (Wildman–Crippen LogP) is 2.92. The van der Waals surface area contributed by atoms with Gasteiger partial charge in [-0.2, -0.15) is 0 Å². The fourth-order valence-electron chi connectivity index (χ4n) is 3.26. The third-order valence-electron chi connectivity index (χ3n) is 4.40. The van der Waals surface area contributed by atoms with Crippen LogP contribution in [0.4, 0.5) is 0 Å². The predicted molar refractivity (Wildman–Crippen MR) is 82.0 cm³/mol. The largest absolute Gasteiger partial charge is 0.486 e. The quantitative estimate of drug-likeness (QED) is 0.905. The summed E-state index contributed by atoms with van der Waals surface area (Å²) in [7, 11) is 0. The molecule has 2 aliphatic heterocycles. The number of nitrogens with one attached hydrogen (secondary N) is 1. The van der Waals surface area contributed by atoms with E-state index in [0.29, 0.717) is 31.3 Å². The van der Waals surface area contributed by atoms with Crippen LogP contribution < -0.4 is 14.8 Å². The van der Waals surface area contributed by atoms with Crippen LogP contribution >= 0.6 is 0 Å². The molecule has 1 N–H and O–H groups in total. The number of ether oxygens (including phenoxy) is 3. The van der Waals surface area contributed by atoms with Crippen molar-refractivity contribution in [3.8, 4) is 11.5 Å². The van der Waals surface area contributed by atoms with Crippen molar-refractivity contribution in [2.75, 3.05) is 26.4 Å². The van der Waals surface area contributed by atoms with Gasteiger partial charge in [0, 0.05) is 18.6 Å². The lowest BCUT2D eigenvalue weighted by molar-refractivity contribution is 0.0952. The van der Waals surface area contributed by atoms with Crippen molar-refractivity contribution in [2.24, 2.45) is 5.92 Å². The van der Waals surface area contributed by atoms with Crippen LogP contribution in [-0.2, 0) is 4.74 Å². The molecule has 1 aromatic rings. The molecule has 3 rings (SSSR count). The normalized spacial score (nSPS) is 25.8. The average Bonchev–Trinajstić information content (AvgIpc) is 2.94. The molecule has 3 unspecified atom stereocenters. The molecule has 0 radical (unpaired) electrons. The summed E-state index contributed by atoms with van der Waals surface area (Å²) in [6.07, 6.45) is 2.53. The van der Waals surface area contributed by atoms with Crippen molar-refractivity contribution in [3.63, 3.8) is 0 Å². The first-order valence-corrected chi connectivity index (χ1v) is 8.04. The number of fused-ring (bicyclic) bond motifs is 1. The molecule has 0 spiro atoms. The highest BCUT2D eigenvalue weighted by atomic mass is 16.6. The van der Waals surface area contributed by atoms with Crippen LogP contribution in [0.15, 0.2) is 18.2 Å². The van der Waals surface area contributed by atoms with Crippen LogP contribution in [0.3, 0.4) is 0 Å². The van der Waals surface area contributed by atoms with Crippen molar-refractivity contribution in [3.05, 3.63) is 23.8 Å². The zero-order valence-electron chi connectivity index (χ0n) is 12.9. The van der Waals surface area contributed by atoms with E-state index in [1.165, 1.54) is 5.56 Å². The van der Waals surface area contributed by atoms with Crippen LogP contribution in [0, 0.1) is 5.92 Å². The number of hydrogen-bond donors (Lipinski definition) is 1. The smallest absolute Gasteiger partial charge is 0.161 e. The Bertz CT molecular complexity index is 477. The molecule has 3 atom stereocenters. The Balaban J connectivity index is 1.84. The van der Waals surface area contributed by atoms with Crippen LogP contribution in [0.1, 0.15) is 38.3 Å². The van der Waals surface area contributed by atoms with Gasteiger partial charge in [0.1, 0.15) is 13.2 Å². The molecule has 116 valence electrons. The second-order valence-electron chi connectivity index (χ2n) is 5.86. The van der Waals surface area contributed by atoms with Crippen molar-refractivity contribution in [1.29, 1.82) is 0 Å². The molecular formula is C17H25NO3. The summed E-state index contributed by atoms with van der Waals surface area (Å²) >= 11 is 0. The minimum atomic E-state index is 0.299. The minimum absolute atomic E-state index is 0.299. The molecule has 0 aromatic heterocycles. The summed E-state index contributed by atoms with van der Waals surface area (Å²) in [5.74, 6) is 2.24. The summed E-state index contributed by atoms with van der Waals surface area (Å²) in [4.78, 5) is 0. The van der Waals surface area contributed by atoms with Gasteiger partial charge < -0.3 is 19.5 Å². The van der Waals surface area contributed by atoms with Crippen LogP contribution in [0.5, 0.6) is 11.5 Å². The van der Waals surface area contributed by atoms with Gasteiger partial charge in [0.2, 0.25) is 0 Å². The summed E-state index contributed by atoms with van der Waals surface area (Å²) in [5.41, 5.74) is 1.27. The third-order valence-corrected chi connectivity index (χ3v) is 4.40. The molecule has 0 saturated carbocycles. The number of hydrogen-bond acceptors (Lipinski definition) is 4. The van der Waals surface area contributed by atoms with Gasteiger partial charge in [0.25, 0.3) is 0 Å². The maximum atomic E-state index is 5.76. The van der Waals surface area contributed by atoms with Crippen molar-refractivity contribution in [1.82, 2.24) is 5.32 Å². The Morgan fingerprint density at radius 2 is 2.00 bits per heavy atom. The Morgan fingerprint density at radius 3 is 2.71 bits per heavy atom. The van der Waals surface area contributed by atoms with E-state index in [1.807, 2.05) is 6.07 Å². The second-order valence-corrected chi connectivity index (χ2v) is 5.86. The monoisotopic (exact) mass is 291 g/mol. The summed E-state index contributed by atoms with van der Waals surface area (Å²) in [6, 6.07) is 6.64. The van der Waals surface area contributed by atoms with Gasteiger partial charge in [-0.15, -0.1) is 0 Å². The molecule has 1 fully saturated rings. The van der Waals surface area contributed by atoms with Gasteiger partial charge in [0.05, 0.1) is 6.10 Å². The van der Waals surface area contributed by atoms with Crippen molar-refractivity contribution < 1.29 is 14.2 Å². The fraction of sp³-hybridized carbons (Fsp3) is 0.647. The molecule has 1 saturated heterocycles. The highest BCUT2D eigenvalue weighted by Crippen LogP contribution is 2.38. The van der Waals surface area contributed by atoms with Crippen LogP contribution in [0.2, 0.25) is 0 Å². The second kappa shape index (κ2) is 6.67. The minimum Gasteiger partial charge on any atom is -0.486 e. The lowest BCUT2D eigenvalue weighted by Gasteiger charge is -2.28. The zero-order valence-corrected chi connectivity index (χ0v) is 12.9. The van der Waals surface area contributed by atoms with E-state index in [9.17, 15) is 0 Å². The molecular weight excluding hydrogens is 266 g/mol. The standard InChI is InChI=1S/C17H25NO3/c1-3-7-18-17(14-6-8-19-12(14)2)13-4-5-15-16(11-13)21-10-9-20-15/h4-5,11-12,14,17-18H,3,6-10H2,1-2H3. The number of rotatable bonds is 5. The Kier molecular flexibility index (Phi) is 4.66. The van der Waals surface area contributed by atoms with E-state index >= 15 is 0 Å². The molecule has 1 aromatic carbocycles. The van der Waals surface area contributed by atoms with E-state index in [2.05, 4.69) is 31.3 Å². The molecule has 21 heavy (non-hydrogen) atoms. The van der Waals surface area contributed by atoms with E-state index in [-0.39, 0.29) is 0 Å². The molecule has 0 bridgehead atoms. The first-order valence-electron chi connectivity index (χ1n) is 8.04. The summed E-state index contributed by atoms with van der Waals surface area (Å²) in [5, 5.41) is 3.69. The van der Waals surface area contributed by atoms with Gasteiger partial charge in [-0.05, 0) is 44.0 Å². The highest BCUT2D eigenvalue weighted by molar-refractivity contribution is 5.44. The molecule has 4 nitrogen and oxygen atoms in total. The summed E-state index contributed by atoms with van der Waals surface area (Å²) in [6.45, 7) is 7.52. The highest BCUT2D eigenvalue weighted by Gasteiger charge is 2.33. The van der Waals surface area contributed by atoms with Gasteiger partial charge in [-0.1, -0.05) is 13.0 Å². The maximum Gasteiger partial charge on any atom is 0.161 e. The van der Waals surface area contributed by atoms with E-state index in [1.54, 1.807) is 0 Å². The third kappa shape index (κ3) is 3.16. The molecule has 0 amide bonds.